The lowest BCUT2D eigenvalue weighted by Gasteiger charge is -2.26. The fourth-order valence-corrected chi connectivity index (χ4v) is 4.67. The molecule has 1 atom stereocenters. The van der Waals surface area contributed by atoms with Crippen molar-refractivity contribution in [1.82, 2.24) is 9.62 Å². The molecule has 0 radical (unpaired) electrons. The third kappa shape index (κ3) is 5.13. The average Bonchev–Trinajstić information content (AvgIpc) is 3.21. The van der Waals surface area contributed by atoms with Crippen molar-refractivity contribution in [2.75, 3.05) is 56.6 Å². The highest BCUT2D eigenvalue weighted by Gasteiger charge is 2.27. The van der Waals surface area contributed by atoms with E-state index in [-0.39, 0.29) is 17.0 Å². The van der Waals surface area contributed by atoms with Gasteiger partial charge in [-0.1, -0.05) is 0 Å². The van der Waals surface area contributed by atoms with Crippen LogP contribution in [0.1, 0.15) is 19.8 Å². The Hall–Kier alpha value is -1.88. The van der Waals surface area contributed by atoms with Gasteiger partial charge in [-0.2, -0.15) is 4.31 Å². The number of benzene rings is 1. The quantitative estimate of drug-likeness (QED) is 0.625. The molecule has 2 saturated heterocycles. The maximum atomic E-state index is 12.9. The molecule has 1 aromatic carbocycles. The van der Waals surface area contributed by atoms with E-state index in [1.807, 2.05) is 6.92 Å². The number of nitrogens with zero attached hydrogens (tertiary/aromatic N) is 1. The summed E-state index contributed by atoms with van der Waals surface area (Å²) >= 11 is 0. The van der Waals surface area contributed by atoms with Gasteiger partial charge in [0.15, 0.2) is 0 Å². The van der Waals surface area contributed by atoms with Gasteiger partial charge in [0.2, 0.25) is 10.0 Å². The van der Waals surface area contributed by atoms with E-state index < -0.39 is 10.0 Å². The maximum Gasteiger partial charge on any atom is 0.319 e. The third-order valence-corrected chi connectivity index (χ3v) is 6.62. The van der Waals surface area contributed by atoms with Gasteiger partial charge in [-0.3, -0.25) is 0 Å². The van der Waals surface area contributed by atoms with E-state index in [0.29, 0.717) is 50.8 Å². The van der Waals surface area contributed by atoms with Crippen molar-refractivity contribution in [2.45, 2.75) is 30.8 Å². The van der Waals surface area contributed by atoms with E-state index >= 15 is 0 Å². The minimum absolute atomic E-state index is 0.120. The number of carbonyl (C=O) groups is 1. The molecule has 0 aliphatic carbocycles. The molecule has 0 saturated carbocycles. The molecule has 3 rings (SSSR count). The summed E-state index contributed by atoms with van der Waals surface area (Å²) in [7, 11) is -3.65. The van der Waals surface area contributed by atoms with Crippen LogP contribution in [0.4, 0.5) is 16.2 Å². The Morgan fingerprint density at radius 3 is 2.68 bits per heavy atom. The van der Waals surface area contributed by atoms with Gasteiger partial charge in [0, 0.05) is 32.8 Å². The van der Waals surface area contributed by atoms with Gasteiger partial charge in [-0.25, -0.2) is 13.2 Å². The van der Waals surface area contributed by atoms with Crippen LogP contribution in [0.15, 0.2) is 23.1 Å². The van der Waals surface area contributed by atoms with Gasteiger partial charge in [-0.05, 0) is 38.0 Å². The summed E-state index contributed by atoms with van der Waals surface area (Å²) < 4.78 is 38.1. The largest absolute Gasteiger partial charge is 0.381 e. The van der Waals surface area contributed by atoms with E-state index in [9.17, 15) is 13.2 Å². The first-order valence-electron chi connectivity index (χ1n) is 9.63. The fraction of sp³-hybridized carbons (Fsp3) is 0.611. The topological polar surface area (TPSA) is 109 Å². The number of rotatable bonds is 7. The molecule has 9 nitrogen and oxygen atoms in total. The van der Waals surface area contributed by atoms with Crippen LogP contribution >= 0.6 is 0 Å². The highest BCUT2D eigenvalue weighted by Crippen LogP contribution is 2.28. The molecule has 2 aliphatic rings. The van der Waals surface area contributed by atoms with Crippen molar-refractivity contribution in [1.29, 1.82) is 0 Å². The number of hydrogen-bond acceptors (Lipinski definition) is 6. The molecule has 2 heterocycles. The lowest BCUT2D eigenvalue weighted by molar-refractivity contribution is 0.0730. The fourth-order valence-electron chi connectivity index (χ4n) is 3.23. The molecule has 10 heteroatoms. The van der Waals surface area contributed by atoms with E-state index in [1.54, 1.807) is 12.1 Å². The lowest BCUT2D eigenvalue weighted by atomic mass is 10.2. The summed E-state index contributed by atoms with van der Waals surface area (Å²) in [6.07, 6.45) is 2.14. The van der Waals surface area contributed by atoms with Gasteiger partial charge in [0.1, 0.15) is 0 Å². The molecule has 2 amide bonds. The minimum atomic E-state index is -3.65. The molecule has 156 valence electrons. The van der Waals surface area contributed by atoms with E-state index in [1.165, 1.54) is 10.4 Å². The van der Waals surface area contributed by atoms with E-state index in [4.69, 9.17) is 9.47 Å². The second kappa shape index (κ2) is 9.55. The van der Waals surface area contributed by atoms with Crippen molar-refractivity contribution in [3.05, 3.63) is 18.2 Å². The molecule has 0 spiro atoms. The lowest BCUT2D eigenvalue weighted by Crippen LogP contribution is -2.40. The molecule has 0 bridgehead atoms. The zero-order chi connectivity index (χ0) is 20.0. The number of amides is 2. The van der Waals surface area contributed by atoms with E-state index in [2.05, 4.69) is 16.0 Å². The summed E-state index contributed by atoms with van der Waals surface area (Å²) in [5.74, 6) is 0. The van der Waals surface area contributed by atoms with Crippen LogP contribution in [-0.4, -0.2) is 70.9 Å². The number of hydrogen-bond donors (Lipinski definition) is 3. The van der Waals surface area contributed by atoms with Crippen molar-refractivity contribution >= 4 is 27.4 Å². The van der Waals surface area contributed by atoms with Crippen molar-refractivity contribution in [2.24, 2.45) is 0 Å². The van der Waals surface area contributed by atoms with Gasteiger partial charge < -0.3 is 25.4 Å². The molecule has 3 N–H and O–H groups in total. The summed E-state index contributed by atoms with van der Waals surface area (Å²) in [5.41, 5.74) is 1.07. The van der Waals surface area contributed by atoms with Crippen LogP contribution in [0.3, 0.4) is 0 Å². The Morgan fingerprint density at radius 2 is 2.00 bits per heavy atom. The van der Waals surface area contributed by atoms with Crippen LogP contribution in [-0.2, 0) is 19.5 Å². The smallest absolute Gasteiger partial charge is 0.319 e. The second-order valence-electron chi connectivity index (χ2n) is 6.72. The average molecular weight is 413 g/mol. The highest BCUT2D eigenvalue weighted by atomic mass is 32.2. The minimum Gasteiger partial charge on any atom is -0.381 e. The van der Waals surface area contributed by atoms with Gasteiger partial charge >= 0.3 is 6.03 Å². The number of carbonyl (C=O) groups excluding carboxylic acids is 1. The first-order chi connectivity index (χ1) is 13.5. The SMILES string of the molecule is CCNC(=O)Nc1cc(S(=O)(=O)N2CCOCC2)ccc1NC[C@H]1CCCO1. The number of sulfonamides is 1. The molecule has 2 fully saturated rings. The first kappa shape index (κ1) is 20.8. The molecule has 28 heavy (non-hydrogen) atoms. The predicted octanol–water partition coefficient (Wildman–Crippen LogP) is 1.44. The van der Waals surface area contributed by atoms with Crippen molar-refractivity contribution in [3.63, 3.8) is 0 Å². The second-order valence-corrected chi connectivity index (χ2v) is 8.66. The van der Waals surface area contributed by atoms with Gasteiger partial charge in [0.25, 0.3) is 0 Å². The van der Waals surface area contributed by atoms with Crippen LogP contribution < -0.4 is 16.0 Å². The number of nitrogens with one attached hydrogen (secondary N) is 3. The summed E-state index contributed by atoms with van der Waals surface area (Å²) in [5, 5.41) is 8.67. The molecule has 2 aliphatic heterocycles. The zero-order valence-electron chi connectivity index (χ0n) is 16.1. The van der Waals surface area contributed by atoms with Crippen molar-refractivity contribution < 1.29 is 22.7 Å². The summed E-state index contributed by atoms with van der Waals surface area (Å²) in [6.45, 7) is 5.04. The monoisotopic (exact) mass is 412 g/mol. The van der Waals surface area contributed by atoms with Gasteiger partial charge in [0.05, 0.1) is 35.6 Å². The molecule has 0 unspecified atom stereocenters. The van der Waals surface area contributed by atoms with Crippen LogP contribution in [0.5, 0.6) is 0 Å². The molecule has 0 aromatic heterocycles. The Balaban J connectivity index is 1.82. The maximum absolute atomic E-state index is 12.9. The van der Waals surface area contributed by atoms with E-state index in [0.717, 1.165) is 19.4 Å². The predicted molar refractivity (Wildman–Crippen MR) is 106 cm³/mol. The molecular weight excluding hydrogens is 384 g/mol. The Labute approximate surface area is 165 Å². The normalized spacial score (nSPS) is 20.7. The summed E-state index contributed by atoms with van der Waals surface area (Å²) in [4.78, 5) is 12.2. The summed E-state index contributed by atoms with van der Waals surface area (Å²) in [6, 6.07) is 4.36. The standard InChI is InChI=1S/C18H28N4O5S/c1-2-19-18(23)21-17-12-15(28(24,25)22-7-10-26-11-8-22)5-6-16(17)20-13-14-4-3-9-27-14/h5-6,12,14,20H,2-4,7-11,13H2,1H3,(H2,19,21,23)/t14-/m1/s1. The van der Waals surface area contributed by atoms with Crippen LogP contribution in [0, 0.1) is 0 Å². The van der Waals surface area contributed by atoms with Crippen LogP contribution in [0.25, 0.3) is 0 Å². The number of anilines is 2. The number of ether oxygens (including phenoxy) is 2. The number of morpholine rings is 1. The molecular formula is C18H28N4O5S. The Kier molecular flexibility index (Phi) is 7.11. The molecule has 1 aromatic rings. The third-order valence-electron chi connectivity index (χ3n) is 4.73. The Morgan fingerprint density at radius 1 is 1.21 bits per heavy atom. The highest BCUT2D eigenvalue weighted by molar-refractivity contribution is 7.89. The zero-order valence-corrected chi connectivity index (χ0v) is 16.9. The van der Waals surface area contributed by atoms with Crippen molar-refractivity contribution in [3.8, 4) is 0 Å². The van der Waals surface area contributed by atoms with Crippen LogP contribution in [0.2, 0.25) is 0 Å². The van der Waals surface area contributed by atoms with Gasteiger partial charge in [-0.15, -0.1) is 0 Å². The Bertz CT molecular complexity index is 774. The first-order valence-corrected chi connectivity index (χ1v) is 11.1. The number of urea groups is 1.